The lowest BCUT2D eigenvalue weighted by molar-refractivity contribution is -0.157. The zero-order chi connectivity index (χ0) is 24.1. The van der Waals surface area contributed by atoms with E-state index in [2.05, 4.69) is 0 Å². The molecule has 2 aromatic rings. The third-order valence-electron chi connectivity index (χ3n) is 4.55. The molecule has 0 fully saturated rings. The van der Waals surface area contributed by atoms with E-state index in [-0.39, 0.29) is 17.1 Å². The topological polar surface area (TPSA) is 122 Å². The summed E-state index contributed by atoms with van der Waals surface area (Å²) in [4.78, 5) is 24.4. The molecule has 0 saturated carbocycles. The monoisotopic (exact) mass is 463 g/mol. The fraction of sp³-hybridized carbons (Fsp3) is 0.391. The molecule has 0 aromatic heterocycles. The quantitative estimate of drug-likeness (QED) is 0.468. The first-order chi connectivity index (χ1) is 14.8. The molecule has 2 atom stereocenters. The van der Waals surface area contributed by atoms with Gasteiger partial charge < -0.3 is 19.4 Å². The van der Waals surface area contributed by atoms with Crippen LogP contribution in [-0.2, 0) is 29.2 Å². The predicted molar refractivity (Wildman–Crippen MR) is 119 cm³/mol. The minimum Gasteiger partial charge on any atom is -0.469 e. The maximum atomic E-state index is 12.5. The molecule has 2 rings (SSSR count). The van der Waals surface area contributed by atoms with E-state index in [1.54, 1.807) is 45.0 Å². The zero-order valence-corrected chi connectivity index (χ0v) is 19.6. The second-order valence-corrected chi connectivity index (χ2v) is 9.91. The second-order valence-electron chi connectivity index (χ2n) is 8.37. The molecule has 2 N–H and O–H groups in total. The van der Waals surface area contributed by atoms with Crippen LogP contribution in [0.25, 0.3) is 0 Å². The van der Waals surface area contributed by atoms with Gasteiger partial charge in [0, 0.05) is 5.92 Å². The van der Waals surface area contributed by atoms with Crippen LogP contribution >= 0.6 is 0 Å². The average molecular weight is 464 g/mol. The summed E-state index contributed by atoms with van der Waals surface area (Å²) in [6.07, 6.45) is -0.154. The number of benzene rings is 2. The fourth-order valence-corrected chi connectivity index (χ4v) is 3.83. The van der Waals surface area contributed by atoms with E-state index in [4.69, 9.17) is 19.4 Å². The maximum absolute atomic E-state index is 12.5. The van der Waals surface area contributed by atoms with Crippen molar-refractivity contribution in [2.45, 2.75) is 56.6 Å². The summed E-state index contributed by atoms with van der Waals surface area (Å²) < 4.78 is 40.2. The van der Waals surface area contributed by atoms with E-state index in [0.29, 0.717) is 5.56 Å². The van der Waals surface area contributed by atoms with Crippen LogP contribution in [-0.4, -0.2) is 39.1 Å². The van der Waals surface area contributed by atoms with Gasteiger partial charge in [-0.25, -0.2) is 0 Å². The summed E-state index contributed by atoms with van der Waals surface area (Å²) in [5, 5.41) is 0. The van der Waals surface area contributed by atoms with E-state index >= 15 is 0 Å². The predicted octanol–water partition coefficient (Wildman–Crippen LogP) is 3.08. The number of aryl methyl sites for hydroxylation is 1. The van der Waals surface area contributed by atoms with Crippen molar-refractivity contribution >= 4 is 22.1 Å². The van der Waals surface area contributed by atoms with E-state index in [1.807, 2.05) is 6.92 Å². The lowest BCUT2D eigenvalue weighted by Gasteiger charge is -2.26. The Kier molecular flexibility index (Phi) is 8.03. The largest absolute Gasteiger partial charge is 0.469 e. The summed E-state index contributed by atoms with van der Waals surface area (Å²) in [6.45, 7) is 7.00. The van der Waals surface area contributed by atoms with Crippen molar-refractivity contribution in [3.63, 3.8) is 0 Å². The molecule has 0 heterocycles. The van der Waals surface area contributed by atoms with E-state index in [0.717, 1.165) is 5.56 Å². The lowest BCUT2D eigenvalue weighted by atomic mass is 9.88. The first-order valence-corrected chi connectivity index (χ1v) is 11.4. The highest BCUT2D eigenvalue weighted by Gasteiger charge is 2.32. The van der Waals surface area contributed by atoms with Gasteiger partial charge in [-0.15, -0.1) is 0 Å². The van der Waals surface area contributed by atoms with Gasteiger partial charge in [0.15, 0.2) is 0 Å². The van der Waals surface area contributed by atoms with Crippen LogP contribution in [0.1, 0.15) is 44.2 Å². The molecule has 0 bridgehead atoms. The fourth-order valence-electron chi connectivity index (χ4n) is 2.90. The van der Waals surface area contributed by atoms with Gasteiger partial charge in [0.1, 0.15) is 22.3 Å². The Morgan fingerprint density at radius 1 is 1.00 bits per heavy atom. The molecule has 0 amide bonds. The van der Waals surface area contributed by atoms with Gasteiger partial charge in [-0.05, 0) is 57.5 Å². The van der Waals surface area contributed by atoms with Crippen LogP contribution < -0.4 is 9.92 Å². The standard InChI is InChI=1S/C23H29NO7S/c1-15-6-12-18(13-7-15)32(27,28)31-17-10-8-16(9-11-17)19(14-20(25)29-5)21(24)22(26)30-23(2,3)4/h6-13,19,21H,14,24H2,1-5H3. The normalized spacial score (nSPS) is 13.7. The van der Waals surface area contributed by atoms with Gasteiger partial charge in [-0.1, -0.05) is 29.8 Å². The van der Waals surface area contributed by atoms with Gasteiger partial charge in [-0.3, -0.25) is 9.59 Å². The van der Waals surface area contributed by atoms with Crippen LogP contribution in [0.3, 0.4) is 0 Å². The molecular formula is C23H29NO7S. The van der Waals surface area contributed by atoms with Crippen LogP contribution in [0.4, 0.5) is 0 Å². The van der Waals surface area contributed by atoms with Crippen LogP contribution in [0.2, 0.25) is 0 Å². The molecule has 32 heavy (non-hydrogen) atoms. The number of carbonyl (C=O) groups excluding carboxylic acids is 2. The van der Waals surface area contributed by atoms with Crippen LogP contribution in [0, 0.1) is 6.92 Å². The van der Waals surface area contributed by atoms with Crippen LogP contribution in [0.15, 0.2) is 53.4 Å². The Morgan fingerprint density at radius 3 is 2.06 bits per heavy atom. The van der Waals surface area contributed by atoms with E-state index in [1.165, 1.54) is 31.4 Å². The summed E-state index contributed by atoms with van der Waals surface area (Å²) in [6, 6.07) is 11.1. The summed E-state index contributed by atoms with van der Waals surface area (Å²) in [5.41, 5.74) is 6.84. The number of methoxy groups -OCH3 is 1. The first-order valence-electron chi connectivity index (χ1n) is 9.99. The van der Waals surface area contributed by atoms with Gasteiger partial charge >= 0.3 is 22.1 Å². The van der Waals surface area contributed by atoms with Gasteiger partial charge in [0.05, 0.1) is 13.5 Å². The lowest BCUT2D eigenvalue weighted by Crippen LogP contribution is -2.42. The highest BCUT2D eigenvalue weighted by molar-refractivity contribution is 7.87. The van der Waals surface area contributed by atoms with Gasteiger partial charge in [-0.2, -0.15) is 8.42 Å². The molecule has 0 aliphatic rings. The van der Waals surface area contributed by atoms with Crippen molar-refractivity contribution in [1.82, 2.24) is 0 Å². The highest BCUT2D eigenvalue weighted by atomic mass is 32.2. The van der Waals surface area contributed by atoms with Gasteiger partial charge in [0.2, 0.25) is 0 Å². The molecule has 0 aliphatic heterocycles. The van der Waals surface area contributed by atoms with E-state index in [9.17, 15) is 18.0 Å². The summed E-state index contributed by atoms with van der Waals surface area (Å²) >= 11 is 0. The van der Waals surface area contributed by atoms with Crippen molar-refractivity contribution in [3.05, 3.63) is 59.7 Å². The number of hydrogen-bond acceptors (Lipinski definition) is 8. The highest BCUT2D eigenvalue weighted by Crippen LogP contribution is 2.28. The molecule has 0 radical (unpaired) electrons. The number of rotatable bonds is 8. The Hall–Kier alpha value is -2.91. The number of hydrogen-bond donors (Lipinski definition) is 1. The third-order valence-corrected chi connectivity index (χ3v) is 5.81. The molecule has 0 aliphatic carbocycles. The van der Waals surface area contributed by atoms with Crippen molar-refractivity contribution in [2.24, 2.45) is 5.73 Å². The SMILES string of the molecule is COC(=O)CC(c1ccc(OS(=O)(=O)c2ccc(C)cc2)cc1)C(N)C(=O)OC(C)(C)C. The number of nitrogens with two attached hydrogens (primary N) is 1. The number of ether oxygens (including phenoxy) is 2. The molecule has 2 unspecified atom stereocenters. The Bertz CT molecular complexity index is 1040. The Labute approximate surface area is 188 Å². The Balaban J connectivity index is 2.25. The average Bonchev–Trinajstić information content (AvgIpc) is 2.71. The van der Waals surface area contributed by atoms with Crippen molar-refractivity contribution in [2.75, 3.05) is 7.11 Å². The van der Waals surface area contributed by atoms with Crippen molar-refractivity contribution in [1.29, 1.82) is 0 Å². The molecule has 174 valence electrons. The Morgan fingerprint density at radius 2 is 1.56 bits per heavy atom. The zero-order valence-electron chi connectivity index (χ0n) is 18.8. The number of carbonyl (C=O) groups is 2. The minimum atomic E-state index is -4.01. The smallest absolute Gasteiger partial charge is 0.339 e. The molecular weight excluding hydrogens is 434 g/mol. The van der Waals surface area contributed by atoms with Crippen molar-refractivity contribution < 1.29 is 31.7 Å². The van der Waals surface area contributed by atoms with E-state index < -0.39 is 39.6 Å². The summed E-state index contributed by atoms with van der Waals surface area (Å²) in [5.74, 6) is -1.86. The second kappa shape index (κ2) is 10.1. The molecule has 0 spiro atoms. The molecule has 9 heteroatoms. The minimum absolute atomic E-state index is 0.0303. The van der Waals surface area contributed by atoms with Gasteiger partial charge in [0.25, 0.3) is 0 Å². The summed E-state index contributed by atoms with van der Waals surface area (Å²) in [7, 11) is -2.77. The molecule has 8 nitrogen and oxygen atoms in total. The first kappa shape index (κ1) is 25.4. The molecule has 0 saturated heterocycles. The molecule has 2 aromatic carbocycles. The maximum Gasteiger partial charge on any atom is 0.339 e. The van der Waals surface area contributed by atoms with Crippen LogP contribution in [0.5, 0.6) is 5.75 Å². The number of esters is 2. The van der Waals surface area contributed by atoms with Crippen molar-refractivity contribution in [3.8, 4) is 5.75 Å². The third kappa shape index (κ3) is 7.06.